The zero-order chi connectivity index (χ0) is 17.4. The van der Waals surface area contributed by atoms with E-state index in [1.807, 2.05) is 18.2 Å². The van der Waals surface area contributed by atoms with E-state index in [4.69, 9.17) is 10.5 Å². The van der Waals surface area contributed by atoms with E-state index in [0.29, 0.717) is 12.5 Å². The third kappa shape index (κ3) is 5.30. The topological polar surface area (TPSA) is 59.6 Å². The Morgan fingerprint density at radius 1 is 1.08 bits per heavy atom. The normalized spacial score (nSPS) is 12.0. The summed E-state index contributed by atoms with van der Waals surface area (Å²) in [7, 11) is 1.67. The molecule has 0 spiro atoms. The number of guanidine groups is 1. The lowest BCUT2D eigenvalue weighted by atomic mass is 9.85. The number of methoxy groups -OCH3 is 1. The van der Waals surface area contributed by atoms with Gasteiger partial charge in [-0.3, -0.25) is 4.99 Å². The third-order valence-electron chi connectivity index (χ3n) is 4.08. The zero-order valence-corrected chi connectivity index (χ0v) is 14.8. The summed E-state index contributed by atoms with van der Waals surface area (Å²) in [5.74, 6) is 1.36. The highest BCUT2D eigenvalue weighted by molar-refractivity contribution is 5.77. The van der Waals surface area contributed by atoms with Crippen LogP contribution in [0.5, 0.6) is 5.75 Å². The summed E-state index contributed by atoms with van der Waals surface area (Å²) in [6.45, 7) is 5.76. The third-order valence-corrected chi connectivity index (χ3v) is 4.08. The maximum absolute atomic E-state index is 5.99. The molecule has 0 saturated heterocycles. The Morgan fingerprint density at radius 3 is 2.38 bits per heavy atom. The molecule has 0 amide bonds. The Balaban J connectivity index is 1.81. The van der Waals surface area contributed by atoms with Crippen molar-refractivity contribution in [3.05, 3.63) is 65.7 Å². The van der Waals surface area contributed by atoms with Crippen molar-refractivity contribution in [2.24, 2.45) is 10.7 Å². The molecule has 0 bridgehead atoms. The van der Waals surface area contributed by atoms with Crippen molar-refractivity contribution in [2.75, 3.05) is 20.2 Å². The second-order valence-corrected chi connectivity index (χ2v) is 6.48. The molecule has 4 heteroatoms. The van der Waals surface area contributed by atoms with Gasteiger partial charge in [-0.15, -0.1) is 0 Å². The number of nitrogens with one attached hydrogen (secondary N) is 1. The fraction of sp³-hybridized carbons (Fsp3) is 0.350. The van der Waals surface area contributed by atoms with E-state index in [2.05, 4.69) is 60.6 Å². The van der Waals surface area contributed by atoms with E-state index in [1.165, 1.54) is 11.1 Å². The molecule has 0 saturated carbocycles. The first-order valence-corrected chi connectivity index (χ1v) is 8.23. The Morgan fingerprint density at radius 2 is 1.75 bits per heavy atom. The summed E-state index contributed by atoms with van der Waals surface area (Å²) >= 11 is 0. The number of nitrogens with zero attached hydrogens (tertiary/aromatic N) is 1. The van der Waals surface area contributed by atoms with Crippen LogP contribution in [-0.4, -0.2) is 26.2 Å². The van der Waals surface area contributed by atoms with Gasteiger partial charge in [-0.1, -0.05) is 56.3 Å². The van der Waals surface area contributed by atoms with E-state index in [0.717, 1.165) is 18.7 Å². The molecule has 4 nitrogen and oxygen atoms in total. The summed E-state index contributed by atoms with van der Waals surface area (Å²) in [5.41, 5.74) is 8.45. The van der Waals surface area contributed by atoms with Crippen LogP contribution < -0.4 is 15.8 Å². The number of ether oxygens (including phenoxy) is 1. The van der Waals surface area contributed by atoms with E-state index in [9.17, 15) is 0 Å². The van der Waals surface area contributed by atoms with Gasteiger partial charge in [0.15, 0.2) is 5.96 Å². The second-order valence-electron chi connectivity index (χ2n) is 6.48. The minimum atomic E-state index is -0.0382. The Hall–Kier alpha value is -2.49. The Kier molecular flexibility index (Phi) is 6.24. The number of benzene rings is 2. The maximum atomic E-state index is 5.99. The van der Waals surface area contributed by atoms with Crippen LogP contribution in [0, 0.1) is 0 Å². The number of hydrogen-bond donors (Lipinski definition) is 2. The van der Waals surface area contributed by atoms with Gasteiger partial charge in [0.2, 0.25) is 0 Å². The molecule has 24 heavy (non-hydrogen) atoms. The van der Waals surface area contributed by atoms with Crippen LogP contribution in [0.1, 0.15) is 25.0 Å². The minimum Gasteiger partial charge on any atom is -0.497 e. The molecule has 128 valence electrons. The first kappa shape index (κ1) is 17.9. The predicted molar refractivity (Wildman–Crippen MR) is 101 cm³/mol. The molecule has 0 aliphatic rings. The van der Waals surface area contributed by atoms with Gasteiger partial charge in [-0.25, -0.2) is 0 Å². The van der Waals surface area contributed by atoms with Crippen LogP contribution in [-0.2, 0) is 11.8 Å². The lowest BCUT2D eigenvalue weighted by Crippen LogP contribution is -2.35. The number of rotatable bonds is 7. The molecule has 2 rings (SSSR count). The van der Waals surface area contributed by atoms with E-state index in [1.54, 1.807) is 7.11 Å². The van der Waals surface area contributed by atoms with E-state index < -0.39 is 0 Å². The fourth-order valence-electron chi connectivity index (χ4n) is 2.45. The van der Waals surface area contributed by atoms with Gasteiger partial charge in [0.1, 0.15) is 5.75 Å². The quantitative estimate of drug-likeness (QED) is 0.607. The molecule has 0 radical (unpaired) electrons. The van der Waals surface area contributed by atoms with Crippen molar-refractivity contribution in [1.29, 1.82) is 0 Å². The Bertz CT molecular complexity index is 648. The zero-order valence-electron chi connectivity index (χ0n) is 14.8. The molecular weight excluding hydrogens is 298 g/mol. The van der Waals surface area contributed by atoms with Crippen molar-refractivity contribution in [3.8, 4) is 5.75 Å². The number of hydrogen-bond acceptors (Lipinski definition) is 2. The van der Waals surface area contributed by atoms with Gasteiger partial charge in [0.25, 0.3) is 0 Å². The van der Waals surface area contributed by atoms with E-state index in [-0.39, 0.29) is 5.41 Å². The molecule has 0 aliphatic carbocycles. The highest BCUT2D eigenvalue weighted by Crippen LogP contribution is 2.22. The summed E-state index contributed by atoms with van der Waals surface area (Å²) in [6, 6.07) is 18.4. The molecule has 0 unspecified atom stereocenters. The fourth-order valence-corrected chi connectivity index (χ4v) is 2.45. The van der Waals surface area contributed by atoms with Crippen LogP contribution in [0.15, 0.2) is 59.6 Å². The first-order chi connectivity index (χ1) is 11.5. The van der Waals surface area contributed by atoms with E-state index >= 15 is 0 Å². The van der Waals surface area contributed by atoms with Crippen molar-refractivity contribution in [3.63, 3.8) is 0 Å². The number of nitrogens with two attached hydrogens (primary N) is 1. The lowest BCUT2D eigenvalue weighted by Gasteiger charge is -2.23. The first-order valence-electron chi connectivity index (χ1n) is 8.23. The van der Waals surface area contributed by atoms with Gasteiger partial charge in [-0.05, 0) is 29.7 Å². The van der Waals surface area contributed by atoms with Gasteiger partial charge in [-0.2, -0.15) is 0 Å². The summed E-state index contributed by atoms with van der Waals surface area (Å²) in [4.78, 5) is 4.49. The highest BCUT2D eigenvalue weighted by atomic mass is 16.5. The second kappa shape index (κ2) is 8.39. The van der Waals surface area contributed by atoms with Crippen LogP contribution in [0.25, 0.3) is 0 Å². The summed E-state index contributed by atoms with van der Waals surface area (Å²) in [6.07, 6.45) is 0.891. The highest BCUT2D eigenvalue weighted by Gasteiger charge is 2.19. The molecule has 0 aromatic heterocycles. The molecule has 0 fully saturated rings. The standard InChI is InChI=1S/C20H27N3O/c1-20(2,17-7-5-4-6-8-17)15-23-19(21)22-14-13-16-9-11-18(24-3)12-10-16/h4-12H,13-15H2,1-3H3,(H3,21,22,23). The van der Waals surface area contributed by atoms with Crippen LogP contribution in [0.3, 0.4) is 0 Å². The lowest BCUT2D eigenvalue weighted by molar-refractivity contribution is 0.414. The van der Waals surface area contributed by atoms with Crippen LogP contribution in [0.4, 0.5) is 0 Å². The molecule has 2 aromatic rings. The van der Waals surface area contributed by atoms with Crippen LogP contribution >= 0.6 is 0 Å². The minimum absolute atomic E-state index is 0.0382. The smallest absolute Gasteiger partial charge is 0.188 e. The number of aliphatic imine (C=N–C) groups is 1. The molecule has 2 aromatic carbocycles. The van der Waals surface area contributed by atoms with Gasteiger partial charge >= 0.3 is 0 Å². The molecular formula is C20H27N3O. The van der Waals surface area contributed by atoms with Crippen molar-refractivity contribution in [2.45, 2.75) is 25.7 Å². The van der Waals surface area contributed by atoms with Crippen molar-refractivity contribution in [1.82, 2.24) is 5.32 Å². The molecule has 0 aliphatic heterocycles. The van der Waals surface area contributed by atoms with Gasteiger partial charge in [0, 0.05) is 12.0 Å². The predicted octanol–water partition coefficient (Wildman–Crippen LogP) is 3.12. The largest absolute Gasteiger partial charge is 0.497 e. The average molecular weight is 325 g/mol. The van der Waals surface area contributed by atoms with Crippen molar-refractivity contribution >= 4 is 5.96 Å². The monoisotopic (exact) mass is 325 g/mol. The molecule has 3 N–H and O–H groups in total. The average Bonchev–Trinajstić information content (AvgIpc) is 2.61. The summed E-state index contributed by atoms with van der Waals surface area (Å²) < 4.78 is 5.16. The van der Waals surface area contributed by atoms with Crippen molar-refractivity contribution < 1.29 is 4.74 Å². The molecule has 0 heterocycles. The Labute approximate surface area is 144 Å². The SMILES string of the molecule is COc1ccc(CCNC(N)=NCC(C)(C)c2ccccc2)cc1. The molecule has 0 atom stereocenters. The van der Waals surface area contributed by atoms with Gasteiger partial charge < -0.3 is 15.8 Å². The van der Waals surface area contributed by atoms with Gasteiger partial charge in [0.05, 0.1) is 13.7 Å². The van der Waals surface area contributed by atoms with Crippen LogP contribution in [0.2, 0.25) is 0 Å². The maximum Gasteiger partial charge on any atom is 0.188 e. The summed E-state index contributed by atoms with van der Waals surface area (Å²) in [5, 5.41) is 3.18.